The van der Waals surface area contributed by atoms with Crippen molar-refractivity contribution in [1.82, 2.24) is 0 Å². The van der Waals surface area contributed by atoms with Crippen molar-refractivity contribution < 1.29 is 19.8 Å². The maximum atomic E-state index is 11.1. The van der Waals surface area contributed by atoms with Crippen molar-refractivity contribution >= 4 is 11.9 Å². The van der Waals surface area contributed by atoms with Gasteiger partial charge in [0, 0.05) is 6.42 Å². The molecule has 1 atom stereocenters. The Morgan fingerprint density at radius 1 is 0.864 bits per heavy atom. The second-order valence-electron chi connectivity index (χ2n) is 5.56. The Bertz CT molecular complexity index is 358. The van der Waals surface area contributed by atoms with Crippen LogP contribution in [0.25, 0.3) is 0 Å². The molecule has 0 fully saturated rings. The van der Waals surface area contributed by atoms with Gasteiger partial charge in [0.05, 0.1) is 5.92 Å². The molecule has 0 saturated carbocycles. The van der Waals surface area contributed by atoms with E-state index in [2.05, 4.69) is 6.08 Å². The van der Waals surface area contributed by atoms with Crippen LogP contribution in [-0.4, -0.2) is 22.2 Å². The van der Waals surface area contributed by atoms with Gasteiger partial charge >= 0.3 is 11.9 Å². The van der Waals surface area contributed by atoms with Gasteiger partial charge in [0.1, 0.15) is 0 Å². The number of unbranched alkanes of at least 4 members (excludes halogenated alkanes) is 5. The van der Waals surface area contributed by atoms with Crippen LogP contribution in [0.5, 0.6) is 0 Å². The summed E-state index contributed by atoms with van der Waals surface area (Å²) in [5.41, 5.74) is 0. The monoisotopic (exact) mass is 310 g/mol. The summed E-state index contributed by atoms with van der Waals surface area (Å²) < 4.78 is 0. The van der Waals surface area contributed by atoms with Gasteiger partial charge in [-0.3, -0.25) is 9.59 Å². The molecule has 0 bridgehead atoms. The Hall–Kier alpha value is -1.58. The van der Waals surface area contributed by atoms with Gasteiger partial charge in [0.25, 0.3) is 0 Å². The summed E-state index contributed by atoms with van der Waals surface area (Å²) in [5.74, 6) is -1.77. The third-order valence-electron chi connectivity index (χ3n) is 3.52. The lowest BCUT2D eigenvalue weighted by molar-refractivity contribution is -0.141. The maximum absolute atomic E-state index is 11.1. The van der Waals surface area contributed by atoms with Gasteiger partial charge in [-0.05, 0) is 38.5 Å². The van der Waals surface area contributed by atoms with Crippen LogP contribution in [0.2, 0.25) is 0 Å². The van der Waals surface area contributed by atoms with E-state index < -0.39 is 11.9 Å². The molecule has 0 aliphatic rings. The third kappa shape index (κ3) is 13.4. The fourth-order valence-electron chi connectivity index (χ4n) is 2.17. The van der Waals surface area contributed by atoms with E-state index in [0.717, 1.165) is 44.9 Å². The molecule has 126 valence electrons. The predicted molar refractivity (Wildman–Crippen MR) is 88.9 cm³/mol. The van der Waals surface area contributed by atoms with Crippen LogP contribution in [-0.2, 0) is 9.59 Å². The highest BCUT2D eigenvalue weighted by molar-refractivity contribution is 5.70. The van der Waals surface area contributed by atoms with Gasteiger partial charge in [0.2, 0.25) is 0 Å². The lowest BCUT2D eigenvalue weighted by Gasteiger charge is -2.06. The topological polar surface area (TPSA) is 74.6 Å². The first-order valence-corrected chi connectivity index (χ1v) is 8.32. The molecular formula is C18H30O4. The van der Waals surface area contributed by atoms with Gasteiger partial charge in [0.15, 0.2) is 0 Å². The highest BCUT2D eigenvalue weighted by Crippen LogP contribution is 2.12. The minimum absolute atomic E-state index is 0.267. The third-order valence-corrected chi connectivity index (χ3v) is 3.52. The molecule has 0 spiro atoms. The minimum Gasteiger partial charge on any atom is -0.481 e. The molecule has 0 radical (unpaired) electrons. The van der Waals surface area contributed by atoms with Gasteiger partial charge in [-0.1, -0.05) is 50.5 Å². The van der Waals surface area contributed by atoms with Crippen LogP contribution in [0, 0.1) is 5.92 Å². The molecule has 0 aromatic heterocycles. The van der Waals surface area contributed by atoms with Gasteiger partial charge < -0.3 is 10.2 Å². The average Bonchev–Trinajstić information content (AvgIpc) is 2.46. The van der Waals surface area contributed by atoms with Gasteiger partial charge in [-0.15, -0.1) is 0 Å². The van der Waals surface area contributed by atoms with E-state index in [1.54, 1.807) is 0 Å². The summed E-state index contributed by atoms with van der Waals surface area (Å²) in [6.07, 6.45) is 16.3. The van der Waals surface area contributed by atoms with Crippen molar-refractivity contribution in [2.75, 3.05) is 0 Å². The van der Waals surface area contributed by atoms with Gasteiger partial charge in [-0.2, -0.15) is 0 Å². The number of hydrogen-bond donors (Lipinski definition) is 2. The molecule has 0 aliphatic carbocycles. The Morgan fingerprint density at radius 2 is 1.45 bits per heavy atom. The SMILES string of the molecule is CC/C=C\CC(C/C=C\CCCCCCCC(=O)O)C(=O)O. The van der Waals surface area contributed by atoms with E-state index in [1.165, 1.54) is 0 Å². The second kappa shape index (κ2) is 14.4. The van der Waals surface area contributed by atoms with Crippen molar-refractivity contribution in [2.45, 2.75) is 71.1 Å². The number of rotatable bonds is 14. The van der Waals surface area contributed by atoms with Crippen molar-refractivity contribution in [3.05, 3.63) is 24.3 Å². The first-order chi connectivity index (χ1) is 10.6. The van der Waals surface area contributed by atoms with E-state index in [0.29, 0.717) is 12.8 Å². The smallest absolute Gasteiger partial charge is 0.307 e. The van der Waals surface area contributed by atoms with Crippen LogP contribution in [0.3, 0.4) is 0 Å². The Balaban J connectivity index is 3.64. The Morgan fingerprint density at radius 3 is 2.05 bits per heavy atom. The number of carbonyl (C=O) groups is 2. The molecule has 0 rings (SSSR count). The summed E-state index contributed by atoms with van der Waals surface area (Å²) in [7, 11) is 0. The number of allylic oxidation sites excluding steroid dienone is 4. The average molecular weight is 310 g/mol. The molecule has 22 heavy (non-hydrogen) atoms. The standard InChI is InChI=1S/C18H30O4/c1-2-3-10-13-16(18(21)22)14-11-8-6-4-5-7-9-12-15-17(19)20/h3,8,10-11,16H,2,4-7,9,12-15H2,1H3,(H,19,20)(H,21,22)/b10-3-,11-8-. The lowest BCUT2D eigenvalue weighted by atomic mass is 10.0. The fraction of sp³-hybridized carbons (Fsp3) is 0.667. The minimum atomic E-state index is -0.733. The zero-order valence-corrected chi connectivity index (χ0v) is 13.7. The largest absolute Gasteiger partial charge is 0.481 e. The van der Waals surface area contributed by atoms with Crippen LogP contribution >= 0.6 is 0 Å². The Labute approximate surface area is 133 Å². The van der Waals surface area contributed by atoms with Crippen LogP contribution in [0.4, 0.5) is 0 Å². The normalized spacial score (nSPS) is 13.0. The first-order valence-electron chi connectivity index (χ1n) is 8.32. The first kappa shape index (κ1) is 20.4. The summed E-state index contributed by atoms with van der Waals surface area (Å²) in [5, 5.41) is 17.6. The second-order valence-corrected chi connectivity index (χ2v) is 5.56. The Kier molecular flexibility index (Phi) is 13.3. The quantitative estimate of drug-likeness (QED) is 0.357. The molecule has 0 aliphatic heterocycles. The molecule has 0 aromatic rings. The van der Waals surface area contributed by atoms with Crippen LogP contribution < -0.4 is 0 Å². The van der Waals surface area contributed by atoms with E-state index in [9.17, 15) is 9.59 Å². The number of aliphatic carboxylic acids is 2. The molecule has 4 nitrogen and oxygen atoms in total. The highest BCUT2D eigenvalue weighted by atomic mass is 16.4. The highest BCUT2D eigenvalue weighted by Gasteiger charge is 2.13. The van der Waals surface area contributed by atoms with Crippen molar-refractivity contribution in [3.63, 3.8) is 0 Å². The molecule has 4 heteroatoms. The molecule has 0 aromatic carbocycles. The number of hydrogen-bond acceptors (Lipinski definition) is 2. The summed E-state index contributed by atoms with van der Waals surface area (Å²) >= 11 is 0. The van der Waals surface area contributed by atoms with Crippen molar-refractivity contribution in [2.24, 2.45) is 5.92 Å². The van der Waals surface area contributed by atoms with Crippen molar-refractivity contribution in [1.29, 1.82) is 0 Å². The summed E-state index contributed by atoms with van der Waals surface area (Å²) in [4.78, 5) is 21.4. The van der Waals surface area contributed by atoms with Crippen molar-refractivity contribution in [3.8, 4) is 0 Å². The van der Waals surface area contributed by atoms with E-state index >= 15 is 0 Å². The van der Waals surface area contributed by atoms with E-state index in [4.69, 9.17) is 10.2 Å². The molecular weight excluding hydrogens is 280 g/mol. The number of carboxylic acids is 2. The number of carboxylic acid groups (broad SMARTS) is 2. The molecule has 0 saturated heterocycles. The van der Waals surface area contributed by atoms with E-state index in [1.807, 2.05) is 25.2 Å². The zero-order chi connectivity index (χ0) is 16.6. The molecule has 0 amide bonds. The predicted octanol–water partition coefficient (Wildman–Crippen LogP) is 4.81. The summed E-state index contributed by atoms with van der Waals surface area (Å²) in [6.45, 7) is 2.04. The summed E-state index contributed by atoms with van der Waals surface area (Å²) in [6, 6.07) is 0. The van der Waals surface area contributed by atoms with Crippen LogP contribution in [0.15, 0.2) is 24.3 Å². The fourth-order valence-corrected chi connectivity index (χ4v) is 2.17. The lowest BCUT2D eigenvalue weighted by Crippen LogP contribution is -2.11. The molecule has 1 unspecified atom stereocenters. The zero-order valence-electron chi connectivity index (χ0n) is 13.7. The maximum Gasteiger partial charge on any atom is 0.307 e. The molecule has 0 heterocycles. The van der Waals surface area contributed by atoms with Crippen LogP contribution in [0.1, 0.15) is 71.1 Å². The van der Waals surface area contributed by atoms with E-state index in [-0.39, 0.29) is 12.3 Å². The molecule has 2 N–H and O–H groups in total. The van der Waals surface area contributed by atoms with Gasteiger partial charge in [-0.25, -0.2) is 0 Å².